The topological polar surface area (TPSA) is 66.5 Å². The molecular formula is C18H22N2O3S. The number of unbranched alkanes of at least 4 members (excludes halogenated alkanes) is 1. The quantitative estimate of drug-likeness (QED) is 0.836. The van der Waals surface area contributed by atoms with Crippen LogP contribution in [0.1, 0.15) is 30.1 Å². The van der Waals surface area contributed by atoms with Crippen molar-refractivity contribution in [3.63, 3.8) is 0 Å². The van der Waals surface area contributed by atoms with E-state index in [-0.39, 0.29) is 10.8 Å². The van der Waals surface area contributed by atoms with E-state index in [0.717, 1.165) is 12.8 Å². The summed E-state index contributed by atoms with van der Waals surface area (Å²) in [6.45, 7) is 2.78. The van der Waals surface area contributed by atoms with Gasteiger partial charge in [-0.3, -0.25) is 9.52 Å². The third kappa shape index (κ3) is 4.58. The normalized spacial score (nSPS) is 11.1. The summed E-state index contributed by atoms with van der Waals surface area (Å²) < 4.78 is 27.0. The van der Waals surface area contributed by atoms with Gasteiger partial charge in [0.2, 0.25) is 0 Å². The predicted octanol–water partition coefficient (Wildman–Crippen LogP) is 3.36. The van der Waals surface area contributed by atoms with Gasteiger partial charge in [0, 0.05) is 24.8 Å². The van der Waals surface area contributed by atoms with Crippen molar-refractivity contribution in [1.82, 2.24) is 4.90 Å². The summed E-state index contributed by atoms with van der Waals surface area (Å²) >= 11 is 0. The Hall–Kier alpha value is -2.34. The standard InChI is InChI=1S/C18H22N2O3S/c1-3-4-14-20(2)18(21)15-10-12-16(13-11-15)19-24(22,23)17-8-6-5-7-9-17/h5-13,19H,3-4,14H2,1-2H3. The van der Waals surface area contributed by atoms with Gasteiger partial charge >= 0.3 is 0 Å². The lowest BCUT2D eigenvalue weighted by atomic mass is 10.2. The molecule has 0 atom stereocenters. The summed E-state index contributed by atoms with van der Waals surface area (Å²) in [6, 6.07) is 14.6. The van der Waals surface area contributed by atoms with E-state index < -0.39 is 10.0 Å². The van der Waals surface area contributed by atoms with Gasteiger partial charge in [-0.15, -0.1) is 0 Å². The van der Waals surface area contributed by atoms with Crippen molar-refractivity contribution in [3.05, 3.63) is 60.2 Å². The fourth-order valence-electron chi connectivity index (χ4n) is 2.21. The molecule has 0 saturated carbocycles. The van der Waals surface area contributed by atoms with Crippen LogP contribution in [0.4, 0.5) is 5.69 Å². The van der Waals surface area contributed by atoms with E-state index in [4.69, 9.17) is 0 Å². The van der Waals surface area contributed by atoms with Crippen LogP contribution in [-0.4, -0.2) is 32.8 Å². The van der Waals surface area contributed by atoms with Crippen LogP contribution in [0.25, 0.3) is 0 Å². The first kappa shape index (κ1) is 18.0. The van der Waals surface area contributed by atoms with E-state index in [1.165, 1.54) is 12.1 Å². The highest BCUT2D eigenvalue weighted by Gasteiger charge is 2.15. The molecule has 2 aromatic rings. The molecule has 0 saturated heterocycles. The van der Waals surface area contributed by atoms with E-state index in [0.29, 0.717) is 17.8 Å². The first-order valence-corrected chi connectivity index (χ1v) is 9.36. The fraction of sp³-hybridized carbons (Fsp3) is 0.278. The minimum Gasteiger partial charge on any atom is -0.342 e. The Bertz CT molecular complexity index is 772. The molecule has 0 unspecified atom stereocenters. The van der Waals surface area contributed by atoms with Crippen LogP contribution in [0.5, 0.6) is 0 Å². The summed E-state index contributed by atoms with van der Waals surface area (Å²) in [5.74, 6) is -0.0686. The van der Waals surface area contributed by atoms with Gasteiger partial charge in [0.15, 0.2) is 0 Å². The van der Waals surface area contributed by atoms with Crippen LogP contribution in [0.15, 0.2) is 59.5 Å². The van der Waals surface area contributed by atoms with Gasteiger partial charge < -0.3 is 4.90 Å². The number of nitrogens with zero attached hydrogens (tertiary/aromatic N) is 1. The number of hydrogen-bond acceptors (Lipinski definition) is 3. The summed E-state index contributed by atoms with van der Waals surface area (Å²) in [7, 11) is -1.85. The van der Waals surface area contributed by atoms with Crippen molar-refractivity contribution in [2.75, 3.05) is 18.3 Å². The number of carbonyl (C=O) groups is 1. The maximum Gasteiger partial charge on any atom is 0.261 e. The van der Waals surface area contributed by atoms with Crippen LogP contribution >= 0.6 is 0 Å². The summed E-state index contributed by atoms with van der Waals surface area (Å²) in [5.41, 5.74) is 0.961. The van der Waals surface area contributed by atoms with Crippen molar-refractivity contribution < 1.29 is 13.2 Å². The Morgan fingerprint density at radius 1 is 1.04 bits per heavy atom. The highest BCUT2D eigenvalue weighted by atomic mass is 32.2. The second-order valence-electron chi connectivity index (χ2n) is 5.58. The highest BCUT2D eigenvalue weighted by molar-refractivity contribution is 7.92. The second kappa shape index (κ2) is 7.97. The molecule has 128 valence electrons. The number of benzene rings is 2. The SMILES string of the molecule is CCCCN(C)C(=O)c1ccc(NS(=O)(=O)c2ccccc2)cc1. The first-order chi connectivity index (χ1) is 11.4. The smallest absolute Gasteiger partial charge is 0.261 e. The first-order valence-electron chi connectivity index (χ1n) is 7.87. The van der Waals surface area contributed by atoms with Gasteiger partial charge in [0.05, 0.1) is 4.90 Å². The maximum atomic E-state index is 12.3. The minimum atomic E-state index is -3.62. The largest absolute Gasteiger partial charge is 0.342 e. The monoisotopic (exact) mass is 346 g/mol. The Labute approximate surface area is 143 Å². The molecule has 1 N–H and O–H groups in total. The van der Waals surface area contributed by atoms with Crippen molar-refractivity contribution in [3.8, 4) is 0 Å². The van der Waals surface area contributed by atoms with Gasteiger partial charge in [0.1, 0.15) is 0 Å². The van der Waals surface area contributed by atoms with Crippen molar-refractivity contribution in [2.45, 2.75) is 24.7 Å². The molecule has 2 rings (SSSR count). The van der Waals surface area contributed by atoms with Crippen LogP contribution in [0, 0.1) is 0 Å². The minimum absolute atomic E-state index is 0.0686. The van der Waals surface area contributed by atoms with Crippen LogP contribution < -0.4 is 4.72 Å². The maximum absolute atomic E-state index is 12.3. The van der Waals surface area contributed by atoms with Gasteiger partial charge in [0.25, 0.3) is 15.9 Å². The number of rotatable bonds is 7. The third-order valence-corrected chi connectivity index (χ3v) is 5.03. The van der Waals surface area contributed by atoms with E-state index in [1.54, 1.807) is 54.4 Å². The molecule has 0 bridgehead atoms. The highest BCUT2D eigenvalue weighted by Crippen LogP contribution is 2.17. The molecule has 0 fully saturated rings. The molecule has 5 nitrogen and oxygen atoms in total. The molecular weight excluding hydrogens is 324 g/mol. The zero-order valence-corrected chi connectivity index (χ0v) is 14.7. The molecule has 6 heteroatoms. The van der Waals surface area contributed by atoms with Gasteiger partial charge in [-0.25, -0.2) is 8.42 Å². The number of hydrogen-bond donors (Lipinski definition) is 1. The molecule has 0 aliphatic carbocycles. The Morgan fingerprint density at radius 2 is 1.67 bits per heavy atom. The number of carbonyl (C=O) groups excluding carboxylic acids is 1. The average Bonchev–Trinajstić information content (AvgIpc) is 2.60. The molecule has 24 heavy (non-hydrogen) atoms. The van der Waals surface area contributed by atoms with E-state index in [2.05, 4.69) is 11.6 Å². The molecule has 0 aliphatic rings. The Kier molecular flexibility index (Phi) is 5.98. The molecule has 0 spiro atoms. The van der Waals surface area contributed by atoms with E-state index in [9.17, 15) is 13.2 Å². The van der Waals surface area contributed by atoms with Gasteiger partial charge in [-0.1, -0.05) is 31.5 Å². The van der Waals surface area contributed by atoms with E-state index in [1.807, 2.05) is 0 Å². The second-order valence-corrected chi connectivity index (χ2v) is 7.26. The molecule has 0 heterocycles. The lowest BCUT2D eigenvalue weighted by molar-refractivity contribution is 0.0793. The lowest BCUT2D eigenvalue weighted by Gasteiger charge is -2.17. The zero-order valence-electron chi connectivity index (χ0n) is 13.9. The Morgan fingerprint density at radius 3 is 2.25 bits per heavy atom. The average molecular weight is 346 g/mol. The Balaban J connectivity index is 2.08. The molecule has 0 aromatic heterocycles. The third-order valence-electron chi connectivity index (χ3n) is 3.63. The van der Waals surface area contributed by atoms with E-state index >= 15 is 0 Å². The summed E-state index contributed by atoms with van der Waals surface area (Å²) in [6.07, 6.45) is 1.98. The molecule has 1 amide bonds. The molecule has 0 radical (unpaired) electrons. The van der Waals surface area contributed by atoms with Crippen molar-refractivity contribution >= 4 is 21.6 Å². The fourth-order valence-corrected chi connectivity index (χ4v) is 3.29. The van der Waals surface area contributed by atoms with Crippen molar-refractivity contribution in [1.29, 1.82) is 0 Å². The van der Waals surface area contributed by atoms with Crippen LogP contribution in [0.3, 0.4) is 0 Å². The van der Waals surface area contributed by atoms with Crippen molar-refractivity contribution in [2.24, 2.45) is 0 Å². The predicted molar refractivity (Wildman–Crippen MR) is 95.6 cm³/mol. The summed E-state index contributed by atoms with van der Waals surface area (Å²) in [5, 5.41) is 0. The van der Waals surface area contributed by atoms with Crippen LogP contribution in [0.2, 0.25) is 0 Å². The summed E-state index contributed by atoms with van der Waals surface area (Å²) in [4.78, 5) is 14.1. The lowest BCUT2D eigenvalue weighted by Crippen LogP contribution is -2.27. The van der Waals surface area contributed by atoms with Gasteiger partial charge in [-0.2, -0.15) is 0 Å². The zero-order chi connectivity index (χ0) is 17.6. The number of nitrogens with one attached hydrogen (secondary N) is 1. The molecule has 0 aliphatic heterocycles. The number of amides is 1. The van der Waals surface area contributed by atoms with Gasteiger partial charge in [-0.05, 0) is 42.8 Å². The number of sulfonamides is 1. The molecule has 2 aromatic carbocycles. The number of anilines is 1. The van der Waals surface area contributed by atoms with Crippen LogP contribution in [-0.2, 0) is 10.0 Å².